The standard InChI is InChI=1S/C28H32ClN3O6S/c1-5-19(2)31(28(34)23-10-9-21(32(35)36)16-24(23)29)18-27(33)30(17-22-7-6-14-39-22)13-12-20-8-11-25(37-3)26(15-20)38-4/h6-11,14-16,19H,5,12-13,17-18H2,1-4H3. The minimum absolute atomic E-state index is 0.0288. The summed E-state index contributed by atoms with van der Waals surface area (Å²) in [7, 11) is 3.15. The molecule has 0 spiro atoms. The average molecular weight is 574 g/mol. The van der Waals surface area contributed by atoms with E-state index in [2.05, 4.69) is 0 Å². The van der Waals surface area contributed by atoms with E-state index in [1.807, 2.05) is 49.6 Å². The van der Waals surface area contributed by atoms with Gasteiger partial charge in [-0.05, 0) is 55.0 Å². The van der Waals surface area contributed by atoms with Crippen molar-refractivity contribution in [3.63, 3.8) is 0 Å². The smallest absolute Gasteiger partial charge is 0.270 e. The summed E-state index contributed by atoms with van der Waals surface area (Å²) in [5.41, 5.74) is 0.884. The van der Waals surface area contributed by atoms with Gasteiger partial charge in [0.1, 0.15) is 6.54 Å². The molecule has 0 saturated carbocycles. The van der Waals surface area contributed by atoms with E-state index in [0.29, 0.717) is 37.4 Å². The van der Waals surface area contributed by atoms with Crippen LogP contribution >= 0.6 is 22.9 Å². The molecule has 0 saturated heterocycles. The Morgan fingerprint density at radius 3 is 2.44 bits per heavy atom. The Kier molecular flexibility index (Phi) is 10.7. The van der Waals surface area contributed by atoms with Crippen LogP contribution in [0.15, 0.2) is 53.9 Å². The molecule has 0 radical (unpaired) electrons. The number of hydrogen-bond acceptors (Lipinski definition) is 7. The molecule has 1 aromatic heterocycles. The van der Waals surface area contributed by atoms with Crippen molar-refractivity contribution in [1.29, 1.82) is 0 Å². The van der Waals surface area contributed by atoms with Gasteiger partial charge < -0.3 is 19.3 Å². The van der Waals surface area contributed by atoms with E-state index in [-0.39, 0.29) is 34.8 Å². The maximum atomic E-state index is 13.7. The highest BCUT2D eigenvalue weighted by Gasteiger charge is 2.28. The quantitative estimate of drug-likeness (QED) is 0.188. The minimum Gasteiger partial charge on any atom is -0.493 e. The van der Waals surface area contributed by atoms with Crippen LogP contribution in [0.25, 0.3) is 0 Å². The van der Waals surface area contributed by atoms with Crippen LogP contribution in [-0.4, -0.2) is 59.9 Å². The zero-order chi connectivity index (χ0) is 28.5. The van der Waals surface area contributed by atoms with Gasteiger partial charge in [-0.25, -0.2) is 0 Å². The van der Waals surface area contributed by atoms with Crippen LogP contribution in [-0.2, 0) is 17.8 Å². The molecule has 39 heavy (non-hydrogen) atoms. The number of benzene rings is 2. The number of nitro benzene ring substituents is 1. The maximum Gasteiger partial charge on any atom is 0.270 e. The van der Waals surface area contributed by atoms with Gasteiger partial charge in [0, 0.05) is 29.6 Å². The van der Waals surface area contributed by atoms with Crippen molar-refractivity contribution in [2.24, 2.45) is 0 Å². The number of ether oxygens (including phenoxy) is 2. The van der Waals surface area contributed by atoms with Crippen molar-refractivity contribution in [2.45, 2.75) is 39.3 Å². The first-order valence-corrected chi connectivity index (χ1v) is 13.7. The monoisotopic (exact) mass is 573 g/mol. The van der Waals surface area contributed by atoms with Crippen molar-refractivity contribution < 1.29 is 24.0 Å². The van der Waals surface area contributed by atoms with Gasteiger partial charge in [-0.2, -0.15) is 0 Å². The Morgan fingerprint density at radius 2 is 1.85 bits per heavy atom. The number of rotatable bonds is 13. The van der Waals surface area contributed by atoms with Gasteiger partial charge in [-0.3, -0.25) is 19.7 Å². The van der Waals surface area contributed by atoms with Gasteiger partial charge in [0.2, 0.25) is 5.91 Å². The molecule has 2 aromatic carbocycles. The third-order valence-corrected chi connectivity index (χ3v) is 7.65. The molecule has 0 aliphatic carbocycles. The highest BCUT2D eigenvalue weighted by atomic mass is 35.5. The van der Waals surface area contributed by atoms with E-state index in [1.165, 1.54) is 17.0 Å². The fraction of sp³-hybridized carbons (Fsp3) is 0.357. The molecule has 0 aliphatic heterocycles. The number of hydrogen-bond donors (Lipinski definition) is 0. The predicted octanol–water partition coefficient (Wildman–Crippen LogP) is 5.84. The van der Waals surface area contributed by atoms with Gasteiger partial charge in [-0.15, -0.1) is 11.3 Å². The number of nitrogens with zero attached hydrogens (tertiary/aromatic N) is 3. The third kappa shape index (κ3) is 7.70. The first kappa shape index (κ1) is 29.9. The minimum atomic E-state index is -0.572. The first-order valence-electron chi connectivity index (χ1n) is 12.4. The zero-order valence-corrected chi connectivity index (χ0v) is 24.0. The van der Waals surface area contributed by atoms with E-state index in [0.717, 1.165) is 16.5 Å². The van der Waals surface area contributed by atoms with Crippen LogP contribution in [0.2, 0.25) is 5.02 Å². The predicted molar refractivity (Wildman–Crippen MR) is 152 cm³/mol. The largest absolute Gasteiger partial charge is 0.493 e. The Labute approximate surface area is 237 Å². The number of non-ortho nitro benzene ring substituents is 1. The van der Waals surface area contributed by atoms with Gasteiger partial charge in [0.05, 0.1) is 36.3 Å². The highest BCUT2D eigenvalue weighted by Crippen LogP contribution is 2.28. The number of carbonyl (C=O) groups is 2. The van der Waals surface area contributed by atoms with Crippen molar-refractivity contribution >= 4 is 40.4 Å². The van der Waals surface area contributed by atoms with Crippen LogP contribution < -0.4 is 9.47 Å². The lowest BCUT2D eigenvalue weighted by Crippen LogP contribution is -2.46. The molecule has 1 heterocycles. The van der Waals surface area contributed by atoms with Crippen LogP contribution in [0, 0.1) is 10.1 Å². The zero-order valence-electron chi connectivity index (χ0n) is 22.4. The molecular weight excluding hydrogens is 542 g/mol. The maximum absolute atomic E-state index is 13.7. The molecule has 9 nitrogen and oxygen atoms in total. The van der Waals surface area contributed by atoms with Gasteiger partial charge in [0.15, 0.2) is 11.5 Å². The van der Waals surface area contributed by atoms with Crippen molar-refractivity contribution in [3.8, 4) is 11.5 Å². The summed E-state index contributed by atoms with van der Waals surface area (Å²) in [5, 5.41) is 13.0. The van der Waals surface area contributed by atoms with Crippen LogP contribution in [0.4, 0.5) is 5.69 Å². The Morgan fingerprint density at radius 1 is 1.10 bits per heavy atom. The summed E-state index contributed by atoms with van der Waals surface area (Å²) in [4.78, 5) is 42.0. The van der Waals surface area contributed by atoms with Crippen molar-refractivity contribution in [2.75, 3.05) is 27.3 Å². The summed E-state index contributed by atoms with van der Waals surface area (Å²) >= 11 is 7.81. The molecule has 0 bridgehead atoms. The molecule has 208 valence electrons. The summed E-state index contributed by atoms with van der Waals surface area (Å²) in [5.74, 6) is 0.573. The summed E-state index contributed by atoms with van der Waals surface area (Å²) in [6.07, 6.45) is 1.18. The second-order valence-corrected chi connectivity index (χ2v) is 10.4. The Balaban J connectivity index is 1.83. The lowest BCUT2D eigenvalue weighted by molar-refractivity contribution is -0.384. The number of carbonyl (C=O) groups excluding carboxylic acids is 2. The lowest BCUT2D eigenvalue weighted by Gasteiger charge is -2.31. The van der Waals surface area contributed by atoms with Gasteiger partial charge >= 0.3 is 0 Å². The summed E-state index contributed by atoms with van der Waals surface area (Å²) in [6.45, 7) is 4.46. The van der Waals surface area contributed by atoms with Crippen LogP contribution in [0.1, 0.15) is 41.1 Å². The first-order chi connectivity index (χ1) is 18.7. The number of amides is 2. The molecule has 2 amide bonds. The normalized spacial score (nSPS) is 11.5. The van der Waals surface area contributed by atoms with E-state index >= 15 is 0 Å². The second kappa shape index (κ2) is 14.0. The fourth-order valence-electron chi connectivity index (χ4n) is 4.02. The number of nitro groups is 1. The topological polar surface area (TPSA) is 102 Å². The van der Waals surface area contributed by atoms with Crippen molar-refractivity contribution in [3.05, 3.63) is 85.1 Å². The summed E-state index contributed by atoms with van der Waals surface area (Å²) < 4.78 is 10.7. The molecule has 11 heteroatoms. The Bertz CT molecular complexity index is 1300. The van der Waals surface area contributed by atoms with Gasteiger partial charge in [0.25, 0.3) is 11.6 Å². The molecule has 0 N–H and O–H groups in total. The van der Waals surface area contributed by atoms with E-state index < -0.39 is 10.8 Å². The van der Waals surface area contributed by atoms with Gasteiger partial charge in [-0.1, -0.05) is 30.7 Å². The van der Waals surface area contributed by atoms with Crippen LogP contribution in [0.3, 0.4) is 0 Å². The molecule has 3 aromatic rings. The number of halogens is 1. The van der Waals surface area contributed by atoms with E-state index in [1.54, 1.807) is 30.5 Å². The van der Waals surface area contributed by atoms with E-state index in [4.69, 9.17) is 21.1 Å². The van der Waals surface area contributed by atoms with Crippen molar-refractivity contribution in [1.82, 2.24) is 9.80 Å². The van der Waals surface area contributed by atoms with Crippen LogP contribution in [0.5, 0.6) is 11.5 Å². The second-order valence-electron chi connectivity index (χ2n) is 8.95. The average Bonchev–Trinajstić information content (AvgIpc) is 3.46. The molecule has 1 unspecified atom stereocenters. The molecule has 3 rings (SSSR count). The molecule has 0 fully saturated rings. The number of methoxy groups -OCH3 is 2. The highest BCUT2D eigenvalue weighted by molar-refractivity contribution is 7.09. The SMILES string of the molecule is CCC(C)N(CC(=O)N(CCc1ccc(OC)c(OC)c1)Cc1cccs1)C(=O)c1ccc([N+](=O)[O-])cc1Cl. The number of thiophene rings is 1. The molecule has 1 atom stereocenters. The summed E-state index contributed by atoms with van der Waals surface area (Å²) in [6, 6.07) is 13.0. The fourth-order valence-corrected chi connectivity index (χ4v) is 5.00. The molecule has 0 aliphatic rings. The third-order valence-electron chi connectivity index (χ3n) is 6.48. The molecular formula is C28H32ClN3O6S. The van der Waals surface area contributed by atoms with E-state index in [9.17, 15) is 19.7 Å². The Hall–Kier alpha value is -3.63. The lowest BCUT2D eigenvalue weighted by atomic mass is 10.1.